The molecule has 0 spiro atoms. The maximum Gasteiger partial charge on any atom is 0.265 e. The lowest BCUT2D eigenvalue weighted by atomic mass is 10.1. The van der Waals surface area contributed by atoms with E-state index in [-0.39, 0.29) is 5.91 Å². The summed E-state index contributed by atoms with van der Waals surface area (Å²) in [6.07, 6.45) is 0.0673. The second-order valence-corrected chi connectivity index (χ2v) is 7.25. The maximum absolute atomic E-state index is 12.7. The lowest BCUT2D eigenvalue weighted by Gasteiger charge is -2.18. The van der Waals surface area contributed by atoms with Crippen molar-refractivity contribution < 1.29 is 9.53 Å². The third-order valence-electron chi connectivity index (χ3n) is 4.11. The van der Waals surface area contributed by atoms with Crippen LogP contribution in [-0.4, -0.2) is 17.8 Å². The highest BCUT2D eigenvalue weighted by atomic mass is 32.2. The van der Waals surface area contributed by atoms with Gasteiger partial charge in [0.2, 0.25) is 0 Å². The molecule has 0 aliphatic rings. The van der Waals surface area contributed by atoms with Crippen LogP contribution < -0.4 is 10.1 Å². The molecule has 1 N–H and O–H groups in total. The summed E-state index contributed by atoms with van der Waals surface area (Å²) in [6.45, 7) is 4.05. The summed E-state index contributed by atoms with van der Waals surface area (Å²) in [7, 11) is 0. The number of hydrogen-bond acceptors (Lipinski definition) is 3. The van der Waals surface area contributed by atoms with Crippen molar-refractivity contribution in [2.45, 2.75) is 31.3 Å². The van der Waals surface area contributed by atoms with E-state index in [1.54, 1.807) is 11.8 Å². The Morgan fingerprint density at radius 3 is 2.50 bits per heavy atom. The van der Waals surface area contributed by atoms with Gasteiger partial charge in [-0.25, -0.2) is 0 Å². The molecule has 3 aromatic rings. The Hall–Kier alpha value is -2.46. The summed E-state index contributed by atoms with van der Waals surface area (Å²) in [5.41, 5.74) is 0.838. The van der Waals surface area contributed by atoms with Crippen LogP contribution in [0.2, 0.25) is 0 Å². The molecule has 0 aromatic heterocycles. The Morgan fingerprint density at radius 1 is 1.00 bits per heavy atom. The summed E-state index contributed by atoms with van der Waals surface area (Å²) in [5.74, 6) is 1.55. The zero-order valence-corrected chi connectivity index (χ0v) is 15.9. The minimum absolute atomic E-state index is 0.121. The summed E-state index contributed by atoms with van der Waals surface area (Å²) >= 11 is 1.71. The molecule has 0 aliphatic heterocycles. The minimum atomic E-state index is -0.532. The highest BCUT2D eigenvalue weighted by molar-refractivity contribution is 7.99. The fourth-order valence-corrected chi connectivity index (χ4v) is 3.55. The zero-order valence-electron chi connectivity index (χ0n) is 15.1. The molecule has 0 radical (unpaired) electrons. The number of para-hydroxylation sites is 1. The van der Waals surface area contributed by atoms with Gasteiger partial charge in [-0.3, -0.25) is 4.79 Å². The smallest absolute Gasteiger partial charge is 0.265 e. The van der Waals surface area contributed by atoms with E-state index in [4.69, 9.17) is 4.74 Å². The van der Waals surface area contributed by atoms with Crippen molar-refractivity contribution in [1.29, 1.82) is 0 Å². The molecule has 0 heterocycles. The van der Waals surface area contributed by atoms with E-state index in [2.05, 4.69) is 18.3 Å². The van der Waals surface area contributed by atoms with Crippen LogP contribution in [0.15, 0.2) is 71.6 Å². The van der Waals surface area contributed by atoms with Crippen LogP contribution in [0.3, 0.4) is 0 Å². The lowest BCUT2D eigenvalue weighted by molar-refractivity contribution is -0.122. The number of rotatable bonds is 7. The van der Waals surface area contributed by atoms with E-state index < -0.39 is 6.10 Å². The zero-order chi connectivity index (χ0) is 18.4. The topological polar surface area (TPSA) is 38.3 Å². The van der Waals surface area contributed by atoms with Gasteiger partial charge in [-0.2, -0.15) is 0 Å². The van der Waals surface area contributed by atoms with Gasteiger partial charge in [0.05, 0.1) is 5.69 Å². The van der Waals surface area contributed by atoms with Crippen molar-refractivity contribution in [2.75, 3.05) is 11.1 Å². The van der Waals surface area contributed by atoms with E-state index in [9.17, 15) is 4.79 Å². The van der Waals surface area contributed by atoms with Gasteiger partial charge in [0.1, 0.15) is 5.75 Å². The first-order valence-corrected chi connectivity index (χ1v) is 9.88. The van der Waals surface area contributed by atoms with E-state index in [1.807, 2.05) is 67.6 Å². The second-order valence-electron chi connectivity index (χ2n) is 5.94. The Morgan fingerprint density at radius 2 is 1.73 bits per heavy atom. The van der Waals surface area contributed by atoms with Crippen LogP contribution in [0, 0.1) is 0 Å². The van der Waals surface area contributed by atoms with Gasteiger partial charge in [-0.15, -0.1) is 11.8 Å². The van der Waals surface area contributed by atoms with Crippen molar-refractivity contribution in [3.8, 4) is 5.75 Å². The van der Waals surface area contributed by atoms with Gasteiger partial charge in [0, 0.05) is 4.90 Å². The second kappa shape index (κ2) is 8.77. The number of thioether (sulfide) groups is 1. The van der Waals surface area contributed by atoms with Crippen molar-refractivity contribution >= 4 is 34.1 Å². The van der Waals surface area contributed by atoms with Gasteiger partial charge < -0.3 is 10.1 Å². The van der Waals surface area contributed by atoms with E-state index in [0.29, 0.717) is 12.2 Å². The summed E-state index contributed by atoms with van der Waals surface area (Å²) in [5, 5.41) is 5.28. The molecule has 26 heavy (non-hydrogen) atoms. The van der Waals surface area contributed by atoms with Gasteiger partial charge in [-0.1, -0.05) is 56.3 Å². The van der Waals surface area contributed by atoms with Crippen molar-refractivity contribution in [3.63, 3.8) is 0 Å². The molecular weight excluding hydrogens is 342 g/mol. The molecule has 0 fully saturated rings. The molecule has 0 saturated carbocycles. The maximum atomic E-state index is 12.7. The third-order valence-corrected chi connectivity index (χ3v) is 5.06. The standard InChI is InChI=1S/C22H23NO2S/c1-3-20(22(24)23-19-11-7-8-12-21(19)26-4-2)25-18-14-13-16-9-5-6-10-17(16)15-18/h5-15,20H,3-4H2,1-2H3,(H,23,24)/t20-/m1/s1. The van der Waals surface area contributed by atoms with Crippen molar-refractivity contribution in [2.24, 2.45) is 0 Å². The third kappa shape index (κ3) is 4.38. The van der Waals surface area contributed by atoms with Crippen LogP contribution in [0.25, 0.3) is 10.8 Å². The Bertz CT molecular complexity index is 894. The van der Waals surface area contributed by atoms with Crippen LogP contribution in [0.5, 0.6) is 5.75 Å². The molecule has 3 nitrogen and oxygen atoms in total. The molecule has 1 atom stereocenters. The van der Waals surface area contributed by atoms with Crippen LogP contribution in [0.4, 0.5) is 5.69 Å². The molecule has 134 valence electrons. The fourth-order valence-electron chi connectivity index (χ4n) is 2.79. The number of hydrogen-bond donors (Lipinski definition) is 1. The molecule has 1 amide bonds. The molecule has 0 bridgehead atoms. The first-order valence-electron chi connectivity index (χ1n) is 8.89. The predicted octanol–water partition coefficient (Wildman–Crippen LogP) is 5.75. The number of fused-ring (bicyclic) bond motifs is 1. The first kappa shape index (κ1) is 18.3. The van der Waals surface area contributed by atoms with Gasteiger partial charge >= 0.3 is 0 Å². The Kier molecular flexibility index (Phi) is 6.18. The Labute approximate surface area is 158 Å². The predicted molar refractivity (Wildman–Crippen MR) is 110 cm³/mol. The highest BCUT2D eigenvalue weighted by Gasteiger charge is 2.19. The van der Waals surface area contributed by atoms with E-state index in [0.717, 1.165) is 27.1 Å². The van der Waals surface area contributed by atoms with Crippen LogP contribution in [-0.2, 0) is 4.79 Å². The molecule has 3 rings (SSSR count). The van der Waals surface area contributed by atoms with Crippen molar-refractivity contribution in [1.82, 2.24) is 0 Å². The van der Waals surface area contributed by atoms with Gasteiger partial charge in [-0.05, 0) is 47.2 Å². The van der Waals surface area contributed by atoms with Crippen LogP contribution >= 0.6 is 11.8 Å². The molecule has 0 saturated heterocycles. The molecule has 0 unspecified atom stereocenters. The van der Waals surface area contributed by atoms with Crippen LogP contribution in [0.1, 0.15) is 20.3 Å². The molecule has 0 aliphatic carbocycles. The van der Waals surface area contributed by atoms with Crippen molar-refractivity contribution in [3.05, 3.63) is 66.7 Å². The number of benzene rings is 3. The van der Waals surface area contributed by atoms with E-state index >= 15 is 0 Å². The monoisotopic (exact) mass is 365 g/mol. The molecule has 3 aromatic carbocycles. The van der Waals surface area contributed by atoms with E-state index in [1.165, 1.54) is 0 Å². The quantitative estimate of drug-likeness (QED) is 0.542. The lowest BCUT2D eigenvalue weighted by Crippen LogP contribution is -2.32. The molecule has 4 heteroatoms. The number of amides is 1. The number of carbonyl (C=O) groups is 1. The fraction of sp³-hybridized carbons (Fsp3) is 0.227. The highest BCUT2D eigenvalue weighted by Crippen LogP contribution is 2.27. The SMILES string of the molecule is CCSc1ccccc1NC(=O)[C@@H](CC)Oc1ccc2ccccc2c1. The normalized spacial score (nSPS) is 11.9. The summed E-state index contributed by atoms with van der Waals surface area (Å²) in [6, 6.07) is 21.9. The van der Waals surface area contributed by atoms with Gasteiger partial charge in [0.25, 0.3) is 5.91 Å². The number of anilines is 1. The summed E-state index contributed by atoms with van der Waals surface area (Å²) < 4.78 is 5.99. The molecular formula is C22H23NO2S. The summed E-state index contributed by atoms with van der Waals surface area (Å²) in [4.78, 5) is 13.8. The Balaban J connectivity index is 1.74. The van der Waals surface area contributed by atoms with Gasteiger partial charge in [0.15, 0.2) is 6.10 Å². The average Bonchev–Trinajstić information content (AvgIpc) is 2.67. The number of nitrogens with one attached hydrogen (secondary N) is 1. The number of ether oxygens (including phenoxy) is 1. The largest absolute Gasteiger partial charge is 0.481 e. The average molecular weight is 365 g/mol. The number of carbonyl (C=O) groups excluding carboxylic acids is 1. The first-order chi connectivity index (χ1) is 12.7. The minimum Gasteiger partial charge on any atom is -0.481 e.